The van der Waals surface area contributed by atoms with Crippen LogP contribution in [0.3, 0.4) is 0 Å². The molecular formula is C15H21ClN2O3S. The second-order valence-corrected chi connectivity index (χ2v) is 8.77. The summed E-state index contributed by atoms with van der Waals surface area (Å²) in [7, 11) is -3.53. The highest BCUT2D eigenvalue weighted by Gasteiger charge is 2.33. The number of hydrogen-bond donors (Lipinski definition) is 0. The van der Waals surface area contributed by atoms with Gasteiger partial charge in [0.15, 0.2) is 0 Å². The lowest BCUT2D eigenvalue weighted by atomic mass is 9.94. The first kappa shape index (κ1) is 17.2. The van der Waals surface area contributed by atoms with Gasteiger partial charge < -0.3 is 4.90 Å². The SMILES string of the molecule is CC(C)(C)C(=O)N1CCN(S(=O)(=O)c2ccc(Cl)cc2)CC1. The molecule has 0 bridgehead atoms. The number of carbonyl (C=O) groups excluding carboxylic acids is 1. The maximum atomic E-state index is 12.6. The summed E-state index contributed by atoms with van der Waals surface area (Å²) < 4.78 is 26.5. The zero-order chi connectivity index (χ0) is 16.5. The van der Waals surface area contributed by atoms with Crippen LogP contribution in [0.2, 0.25) is 5.02 Å². The van der Waals surface area contributed by atoms with Gasteiger partial charge in [0.2, 0.25) is 15.9 Å². The molecule has 5 nitrogen and oxygen atoms in total. The van der Waals surface area contributed by atoms with Crippen LogP contribution in [0, 0.1) is 5.41 Å². The Bertz CT molecular complexity index is 642. The van der Waals surface area contributed by atoms with Gasteiger partial charge in [-0.2, -0.15) is 4.31 Å². The Kier molecular flexibility index (Phi) is 4.84. The van der Waals surface area contributed by atoms with Crippen molar-refractivity contribution in [2.24, 2.45) is 5.41 Å². The summed E-state index contributed by atoms with van der Waals surface area (Å²) in [6.07, 6.45) is 0. The highest BCUT2D eigenvalue weighted by Crippen LogP contribution is 2.22. The average Bonchev–Trinajstić information content (AvgIpc) is 2.46. The van der Waals surface area contributed by atoms with Gasteiger partial charge >= 0.3 is 0 Å². The molecular weight excluding hydrogens is 324 g/mol. The lowest BCUT2D eigenvalue weighted by Gasteiger charge is -2.37. The number of piperazine rings is 1. The molecule has 22 heavy (non-hydrogen) atoms. The topological polar surface area (TPSA) is 57.7 Å². The van der Waals surface area contributed by atoms with Crippen LogP contribution in [0.5, 0.6) is 0 Å². The largest absolute Gasteiger partial charge is 0.340 e. The zero-order valence-corrected chi connectivity index (χ0v) is 14.6. The number of rotatable bonds is 2. The van der Waals surface area contributed by atoms with Crippen LogP contribution in [-0.4, -0.2) is 49.7 Å². The predicted octanol–water partition coefficient (Wildman–Crippen LogP) is 2.22. The van der Waals surface area contributed by atoms with Gasteiger partial charge in [-0.15, -0.1) is 0 Å². The third-order valence-corrected chi connectivity index (χ3v) is 5.78. The fourth-order valence-electron chi connectivity index (χ4n) is 2.36. The molecule has 1 heterocycles. The fraction of sp³-hybridized carbons (Fsp3) is 0.533. The number of carbonyl (C=O) groups is 1. The molecule has 1 aromatic rings. The normalized spacial score (nSPS) is 17.5. The Morgan fingerprint density at radius 3 is 2.00 bits per heavy atom. The van der Waals surface area contributed by atoms with Gasteiger partial charge in [0.1, 0.15) is 0 Å². The van der Waals surface area contributed by atoms with Crippen molar-refractivity contribution in [1.29, 1.82) is 0 Å². The molecule has 1 aromatic carbocycles. The molecule has 1 aliphatic heterocycles. The van der Waals surface area contributed by atoms with Gasteiger partial charge in [0.25, 0.3) is 0 Å². The molecule has 0 spiro atoms. The Balaban J connectivity index is 2.08. The number of benzene rings is 1. The van der Waals surface area contributed by atoms with E-state index in [-0.39, 0.29) is 10.8 Å². The van der Waals surface area contributed by atoms with E-state index in [1.165, 1.54) is 16.4 Å². The second-order valence-electron chi connectivity index (χ2n) is 6.40. The summed E-state index contributed by atoms with van der Waals surface area (Å²) in [5.41, 5.74) is -0.447. The van der Waals surface area contributed by atoms with Crippen LogP contribution in [0.4, 0.5) is 0 Å². The first-order chi connectivity index (χ1) is 10.1. The first-order valence-electron chi connectivity index (χ1n) is 7.17. The molecule has 122 valence electrons. The van der Waals surface area contributed by atoms with Crippen molar-refractivity contribution in [3.8, 4) is 0 Å². The smallest absolute Gasteiger partial charge is 0.243 e. The fourth-order valence-corrected chi connectivity index (χ4v) is 3.91. The van der Waals surface area contributed by atoms with Crippen LogP contribution < -0.4 is 0 Å². The predicted molar refractivity (Wildman–Crippen MR) is 86.2 cm³/mol. The Morgan fingerprint density at radius 1 is 1.05 bits per heavy atom. The van der Waals surface area contributed by atoms with Gasteiger partial charge in [-0.3, -0.25) is 4.79 Å². The number of halogens is 1. The maximum Gasteiger partial charge on any atom is 0.243 e. The van der Waals surface area contributed by atoms with E-state index in [9.17, 15) is 13.2 Å². The van der Waals surface area contributed by atoms with Crippen molar-refractivity contribution < 1.29 is 13.2 Å². The third-order valence-electron chi connectivity index (χ3n) is 3.62. The van der Waals surface area contributed by atoms with Crippen LogP contribution in [0.1, 0.15) is 20.8 Å². The highest BCUT2D eigenvalue weighted by atomic mass is 35.5. The zero-order valence-electron chi connectivity index (χ0n) is 13.0. The van der Waals surface area contributed by atoms with Crippen molar-refractivity contribution >= 4 is 27.5 Å². The van der Waals surface area contributed by atoms with E-state index in [0.717, 1.165) is 0 Å². The monoisotopic (exact) mass is 344 g/mol. The van der Waals surface area contributed by atoms with Crippen LogP contribution >= 0.6 is 11.6 Å². The average molecular weight is 345 g/mol. The maximum absolute atomic E-state index is 12.6. The van der Waals surface area contributed by atoms with Crippen LogP contribution in [0.15, 0.2) is 29.2 Å². The lowest BCUT2D eigenvalue weighted by molar-refractivity contribution is -0.140. The first-order valence-corrected chi connectivity index (χ1v) is 8.99. The van der Waals surface area contributed by atoms with Gasteiger partial charge in [0.05, 0.1) is 4.90 Å². The quantitative estimate of drug-likeness (QED) is 0.826. The highest BCUT2D eigenvalue weighted by molar-refractivity contribution is 7.89. The van der Waals surface area contributed by atoms with E-state index in [2.05, 4.69) is 0 Å². The molecule has 1 saturated heterocycles. The Labute approximate surface area is 136 Å². The van der Waals surface area contributed by atoms with E-state index in [4.69, 9.17) is 11.6 Å². The van der Waals surface area contributed by atoms with Crippen LogP contribution in [0.25, 0.3) is 0 Å². The molecule has 2 rings (SSSR count). The number of amides is 1. The molecule has 7 heteroatoms. The van der Waals surface area contributed by atoms with E-state index in [1.807, 2.05) is 20.8 Å². The van der Waals surface area contributed by atoms with Crippen molar-refractivity contribution in [3.05, 3.63) is 29.3 Å². The molecule has 1 fully saturated rings. The van der Waals surface area contributed by atoms with Gasteiger partial charge in [-0.05, 0) is 24.3 Å². The minimum atomic E-state index is -3.53. The summed E-state index contributed by atoms with van der Waals surface area (Å²) in [6.45, 7) is 7.07. The van der Waals surface area contributed by atoms with Crippen molar-refractivity contribution in [3.63, 3.8) is 0 Å². The van der Waals surface area contributed by atoms with Gasteiger partial charge in [-0.1, -0.05) is 32.4 Å². The minimum absolute atomic E-state index is 0.0519. The molecule has 0 atom stereocenters. The summed E-state index contributed by atoms with van der Waals surface area (Å²) in [4.78, 5) is 14.2. The summed E-state index contributed by atoms with van der Waals surface area (Å²) >= 11 is 5.79. The standard InChI is InChI=1S/C15H21ClN2O3S/c1-15(2,3)14(19)17-8-10-18(11-9-17)22(20,21)13-6-4-12(16)5-7-13/h4-7H,8-11H2,1-3H3. The molecule has 0 N–H and O–H groups in total. The molecule has 0 radical (unpaired) electrons. The van der Waals surface area contributed by atoms with Gasteiger partial charge in [0, 0.05) is 36.6 Å². The number of sulfonamides is 1. The number of nitrogens with zero attached hydrogens (tertiary/aromatic N) is 2. The van der Waals surface area contributed by atoms with E-state index in [0.29, 0.717) is 31.2 Å². The summed E-state index contributed by atoms with van der Waals surface area (Å²) in [5, 5.41) is 0.500. The third kappa shape index (κ3) is 3.62. The summed E-state index contributed by atoms with van der Waals surface area (Å²) in [5.74, 6) is 0.0519. The van der Waals surface area contributed by atoms with Crippen molar-refractivity contribution in [2.45, 2.75) is 25.7 Å². The molecule has 0 aromatic heterocycles. The Morgan fingerprint density at radius 2 is 1.55 bits per heavy atom. The van der Waals surface area contributed by atoms with Gasteiger partial charge in [-0.25, -0.2) is 8.42 Å². The van der Waals surface area contributed by atoms with Crippen molar-refractivity contribution in [2.75, 3.05) is 26.2 Å². The summed E-state index contributed by atoms with van der Waals surface area (Å²) in [6, 6.07) is 6.14. The molecule has 0 saturated carbocycles. The number of hydrogen-bond acceptors (Lipinski definition) is 3. The second kappa shape index (κ2) is 6.18. The molecule has 0 unspecified atom stereocenters. The molecule has 1 amide bonds. The Hall–Kier alpha value is -1.11. The van der Waals surface area contributed by atoms with Crippen molar-refractivity contribution in [1.82, 2.24) is 9.21 Å². The lowest BCUT2D eigenvalue weighted by Crippen LogP contribution is -2.52. The molecule has 0 aliphatic carbocycles. The van der Waals surface area contributed by atoms with E-state index < -0.39 is 15.4 Å². The van der Waals surface area contributed by atoms with E-state index >= 15 is 0 Å². The minimum Gasteiger partial charge on any atom is -0.340 e. The molecule has 1 aliphatic rings. The van der Waals surface area contributed by atoms with Crippen LogP contribution in [-0.2, 0) is 14.8 Å². The van der Waals surface area contributed by atoms with E-state index in [1.54, 1.807) is 17.0 Å².